The van der Waals surface area contributed by atoms with Crippen LogP contribution in [0, 0.1) is 0 Å². The fraction of sp³-hybridized carbons (Fsp3) is 0.556. The Morgan fingerprint density at radius 3 is 2.69 bits per heavy atom. The van der Waals surface area contributed by atoms with Crippen molar-refractivity contribution in [1.82, 2.24) is 10.6 Å². The number of carbonyl (C=O) groups excluding carboxylic acids is 1. The lowest BCUT2D eigenvalue weighted by Crippen LogP contribution is -2.42. The third kappa shape index (κ3) is 7.22. The van der Waals surface area contributed by atoms with Crippen molar-refractivity contribution < 1.29 is 9.53 Å². The number of amides is 1. The zero-order valence-corrected chi connectivity index (χ0v) is 18.6. The van der Waals surface area contributed by atoms with Crippen molar-refractivity contribution in [2.45, 2.75) is 19.3 Å². The minimum atomic E-state index is 0. The molecule has 1 aliphatic heterocycles. The maximum Gasteiger partial charge on any atom is 0.265 e. The number of hydrogen-bond acceptors (Lipinski definition) is 4. The molecule has 0 aromatic heterocycles. The van der Waals surface area contributed by atoms with Gasteiger partial charge in [0.15, 0.2) is 12.6 Å². The Morgan fingerprint density at radius 2 is 1.96 bits per heavy atom. The van der Waals surface area contributed by atoms with Gasteiger partial charge in [-0.25, -0.2) is 0 Å². The molecule has 1 amide bonds. The molecule has 26 heavy (non-hydrogen) atoms. The Kier molecular flexibility index (Phi) is 11.5. The van der Waals surface area contributed by atoms with Crippen LogP contribution >= 0.6 is 35.7 Å². The summed E-state index contributed by atoms with van der Waals surface area (Å²) in [5, 5.41) is 6.62. The highest BCUT2D eigenvalue weighted by Gasteiger charge is 2.24. The van der Waals surface area contributed by atoms with E-state index in [-0.39, 0.29) is 36.5 Å². The molecule has 0 spiro atoms. The number of hydrogen-bond donors (Lipinski definition) is 2. The summed E-state index contributed by atoms with van der Waals surface area (Å²) in [5.41, 5.74) is 0.857. The third-order valence-electron chi connectivity index (χ3n) is 3.95. The summed E-state index contributed by atoms with van der Waals surface area (Å²) in [7, 11) is 1.78. The molecule has 1 aliphatic rings. The summed E-state index contributed by atoms with van der Waals surface area (Å²) in [4.78, 5) is 18.1. The average molecular weight is 492 g/mol. The fourth-order valence-corrected chi connectivity index (χ4v) is 3.13. The molecule has 0 bridgehead atoms. The van der Waals surface area contributed by atoms with Crippen LogP contribution < -0.4 is 20.3 Å². The first-order valence-electron chi connectivity index (χ1n) is 8.72. The predicted molar refractivity (Wildman–Crippen MR) is 121 cm³/mol. The summed E-state index contributed by atoms with van der Waals surface area (Å²) in [6.07, 6.45) is 5.32. The van der Waals surface area contributed by atoms with Crippen molar-refractivity contribution in [1.29, 1.82) is 0 Å². The Labute approximate surface area is 177 Å². The van der Waals surface area contributed by atoms with Crippen LogP contribution in [0.5, 0.6) is 5.75 Å². The largest absolute Gasteiger partial charge is 0.482 e. The van der Waals surface area contributed by atoms with E-state index < -0.39 is 0 Å². The van der Waals surface area contributed by atoms with Crippen LogP contribution in [-0.4, -0.2) is 57.2 Å². The number of ether oxygens (including phenoxy) is 1. The Morgan fingerprint density at radius 1 is 1.23 bits per heavy atom. The van der Waals surface area contributed by atoms with Gasteiger partial charge in [-0.15, -0.1) is 24.0 Å². The van der Waals surface area contributed by atoms with E-state index >= 15 is 0 Å². The second-order valence-corrected chi connectivity index (χ2v) is 6.77. The molecule has 0 unspecified atom stereocenters. The van der Waals surface area contributed by atoms with Crippen molar-refractivity contribution in [3.8, 4) is 5.75 Å². The molecule has 0 saturated carbocycles. The van der Waals surface area contributed by atoms with Gasteiger partial charge in [0.2, 0.25) is 0 Å². The summed E-state index contributed by atoms with van der Waals surface area (Å²) >= 11 is 1.88. The number of halogens is 1. The standard InChI is InChI=1S/C18H28N4O2S.HI/c1-19-18(20-10-5-6-13-25-2)21-11-7-12-22-15-8-3-4-9-16(15)24-14-17(22)23;/h3-4,8-9H,5-7,10-14H2,1-2H3,(H2,19,20,21);1H. The van der Waals surface area contributed by atoms with E-state index in [1.54, 1.807) is 11.9 Å². The Hall–Kier alpha value is -1.16. The number of benzene rings is 1. The van der Waals surface area contributed by atoms with Crippen molar-refractivity contribution >= 4 is 53.3 Å². The molecule has 6 nitrogen and oxygen atoms in total. The van der Waals surface area contributed by atoms with Gasteiger partial charge in [0.25, 0.3) is 5.91 Å². The second kappa shape index (κ2) is 13.1. The molecule has 0 atom stereocenters. The number of rotatable bonds is 9. The molecule has 0 fully saturated rings. The first-order valence-corrected chi connectivity index (χ1v) is 10.1. The molecular formula is C18H29IN4O2S. The molecule has 8 heteroatoms. The van der Waals surface area contributed by atoms with Crippen molar-refractivity contribution in [3.05, 3.63) is 24.3 Å². The quantitative estimate of drug-likeness (QED) is 0.240. The monoisotopic (exact) mass is 492 g/mol. The van der Waals surface area contributed by atoms with Crippen LogP contribution in [0.1, 0.15) is 19.3 Å². The number of unbranched alkanes of at least 4 members (excludes halogenated alkanes) is 1. The second-order valence-electron chi connectivity index (χ2n) is 5.78. The lowest BCUT2D eigenvalue weighted by Gasteiger charge is -2.29. The first kappa shape index (κ1) is 22.9. The van der Waals surface area contributed by atoms with E-state index in [0.29, 0.717) is 6.54 Å². The molecule has 1 heterocycles. The van der Waals surface area contributed by atoms with Crippen molar-refractivity contribution in [2.75, 3.05) is 50.2 Å². The van der Waals surface area contributed by atoms with Gasteiger partial charge in [-0.05, 0) is 43.4 Å². The van der Waals surface area contributed by atoms with E-state index in [4.69, 9.17) is 4.74 Å². The minimum absolute atomic E-state index is 0. The highest BCUT2D eigenvalue weighted by atomic mass is 127. The first-order chi connectivity index (χ1) is 12.3. The van der Waals surface area contributed by atoms with Crippen LogP contribution in [0.3, 0.4) is 0 Å². The SMILES string of the molecule is CN=C(NCCCCSC)NCCCN1C(=O)COc2ccccc21.I. The van der Waals surface area contributed by atoms with Gasteiger partial charge in [-0.1, -0.05) is 12.1 Å². The number of guanidine groups is 1. The minimum Gasteiger partial charge on any atom is -0.482 e. The predicted octanol–water partition coefficient (Wildman–Crippen LogP) is 2.73. The van der Waals surface area contributed by atoms with Crippen LogP contribution in [-0.2, 0) is 4.79 Å². The van der Waals surface area contributed by atoms with E-state index in [0.717, 1.165) is 43.3 Å². The van der Waals surface area contributed by atoms with Gasteiger partial charge in [-0.2, -0.15) is 11.8 Å². The lowest BCUT2D eigenvalue weighted by atomic mass is 10.2. The molecular weight excluding hydrogens is 463 g/mol. The number of fused-ring (bicyclic) bond motifs is 1. The van der Waals surface area contributed by atoms with Crippen LogP contribution in [0.25, 0.3) is 0 Å². The van der Waals surface area contributed by atoms with Gasteiger partial charge in [0.05, 0.1) is 5.69 Å². The van der Waals surface area contributed by atoms with Gasteiger partial charge >= 0.3 is 0 Å². The van der Waals surface area contributed by atoms with Gasteiger partial charge in [-0.3, -0.25) is 9.79 Å². The lowest BCUT2D eigenvalue weighted by molar-refractivity contribution is -0.121. The topological polar surface area (TPSA) is 66.0 Å². The third-order valence-corrected chi connectivity index (χ3v) is 4.65. The van der Waals surface area contributed by atoms with Crippen LogP contribution in [0.4, 0.5) is 5.69 Å². The highest BCUT2D eigenvalue weighted by Crippen LogP contribution is 2.31. The molecule has 2 N–H and O–H groups in total. The van der Waals surface area contributed by atoms with Gasteiger partial charge in [0, 0.05) is 26.7 Å². The van der Waals surface area contributed by atoms with Crippen LogP contribution in [0.15, 0.2) is 29.3 Å². The number of nitrogens with zero attached hydrogens (tertiary/aromatic N) is 2. The number of aliphatic imine (C=N–C) groups is 1. The van der Waals surface area contributed by atoms with Crippen molar-refractivity contribution in [2.24, 2.45) is 4.99 Å². The number of carbonyl (C=O) groups is 1. The Bertz CT molecular complexity index is 586. The summed E-state index contributed by atoms with van der Waals surface area (Å²) in [6, 6.07) is 7.67. The number of anilines is 1. The average Bonchev–Trinajstić information content (AvgIpc) is 2.64. The normalized spacial score (nSPS) is 13.5. The van der Waals surface area contributed by atoms with E-state index in [2.05, 4.69) is 21.9 Å². The van der Waals surface area contributed by atoms with Gasteiger partial charge < -0.3 is 20.3 Å². The molecule has 2 rings (SSSR count). The fourth-order valence-electron chi connectivity index (χ4n) is 2.64. The molecule has 0 radical (unpaired) electrons. The maximum atomic E-state index is 12.1. The highest BCUT2D eigenvalue weighted by molar-refractivity contribution is 14.0. The van der Waals surface area contributed by atoms with E-state index in [1.165, 1.54) is 12.2 Å². The van der Waals surface area contributed by atoms with Crippen LogP contribution in [0.2, 0.25) is 0 Å². The number of nitrogens with one attached hydrogen (secondary N) is 2. The molecule has 146 valence electrons. The van der Waals surface area contributed by atoms with E-state index in [9.17, 15) is 4.79 Å². The summed E-state index contributed by atoms with van der Waals surface area (Å²) in [5.74, 6) is 2.80. The summed E-state index contributed by atoms with van der Waals surface area (Å²) in [6.45, 7) is 2.47. The zero-order chi connectivity index (χ0) is 17.9. The molecule has 1 aromatic carbocycles. The van der Waals surface area contributed by atoms with Gasteiger partial charge in [0.1, 0.15) is 5.75 Å². The van der Waals surface area contributed by atoms with Crippen molar-refractivity contribution in [3.63, 3.8) is 0 Å². The van der Waals surface area contributed by atoms with E-state index in [1.807, 2.05) is 36.0 Å². The number of thioether (sulfide) groups is 1. The Balaban J connectivity index is 0.00000338. The molecule has 0 saturated heterocycles. The molecule has 0 aliphatic carbocycles. The zero-order valence-electron chi connectivity index (χ0n) is 15.5. The maximum absolute atomic E-state index is 12.1. The number of para-hydroxylation sites is 2. The summed E-state index contributed by atoms with van der Waals surface area (Å²) < 4.78 is 5.46. The molecule has 1 aromatic rings. The smallest absolute Gasteiger partial charge is 0.265 e.